The van der Waals surface area contributed by atoms with Crippen molar-refractivity contribution in [2.24, 2.45) is 0 Å². The minimum absolute atomic E-state index is 0. The van der Waals surface area contributed by atoms with Gasteiger partial charge in [0.25, 0.3) is 0 Å². The molecule has 0 radical (unpaired) electrons. The third kappa shape index (κ3) is 9.37. The van der Waals surface area contributed by atoms with Crippen molar-refractivity contribution in [3.8, 4) is 0 Å². The van der Waals surface area contributed by atoms with E-state index in [9.17, 15) is 0 Å². The van der Waals surface area contributed by atoms with Crippen LogP contribution in [0.5, 0.6) is 0 Å². The minimum Gasteiger partial charge on any atom is -0.793 e. The first-order chi connectivity index (χ1) is 2.41. The van der Waals surface area contributed by atoms with Crippen LogP contribution >= 0.6 is 0 Å². The first kappa shape index (κ1) is 10.9. The van der Waals surface area contributed by atoms with Gasteiger partial charge in [0.05, 0.1) is 0 Å². The average Bonchev–Trinajstić information content (AvgIpc) is 1.41. The van der Waals surface area contributed by atoms with Crippen LogP contribution < -0.4 is 51.4 Å². The van der Waals surface area contributed by atoms with Gasteiger partial charge in [-0.2, -0.15) is 5.75 Å². The zero-order valence-electron chi connectivity index (χ0n) is 4.53. The van der Waals surface area contributed by atoms with Crippen molar-refractivity contribution in [3.63, 3.8) is 0 Å². The van der Waals surface area contributed by atoms with Crippen molar-refractivity contribution in [1.82, 2.24) is 0 Å². The Morgan fingerprint density at radius 1 is 1.50 bits per heavy atom. The minimum atomic E-state index is 0. The zero-order chi connectivity index (χ0) is 4.12. The van der Waals surface area contributed by atoms with Gasteiger partial charge in [-0.15, -0.1) is 0 Å². The van der Waals surface area contributed by atoms with Crippen molar-refractivity contribution >= 4 is 12.6 Å². The Hall–Kier alpha value is 1.99. The zero-order valence-corrected chi connectivity index (χ0v) is 8.47. The quantitative estimate of drug-likeness (QED) is 0.317. The van der Waals surface area contributed by atoms with E-state index in [0.717, 1.165) is 5.75 Å². The Labute approximate surface area is 87.9 Å². The number of rotatable bonds is 2. The molecule has 0 aliphatic heterocycles. The molecule has 0 spiro atoms. The summed E-state index contributed by atoms with van der Waals surface area (Å²) >= 11 is 4.65. The maximum atomic E-state index is 4.65. The van der Waals surface area contributed by atoms with Gasteiger partial charge < -0.3 is 12.6 Å². The van der Waals surface area contributed by atoms with Gasteiger partial charge in [0.15, 0.2) is 0 Å². The van der Waals surface area contributed by atoms with Crippen molar-refractivity contribution < 1.29 is 51.4 Å². The topological polar surface area (TPSA) is 0 Å². The maximum Gasteiger partial charge on any atom is 1.00 e. The van der Waals surface area contributed by atoms with E-state index < -0.39 is 0 Å². The predicted octanol–water partition coefficient (Wildman–Crippen LogP) is -1.66. The van der Waals surface area contributed by atoms with Crippen LogP contribution in [0, 0.1) is 0 Å². The van der Waals surface area contributed by atoms with Gasteiger partial charge in [-0.1, -0.05) is 19.8 Å². The van der Waals surface area contributed by atoms with Crippen molar-refractivity contribution in [2.45, 2.75) is 19.8 Å². The smallest absolute Gasteiger partial charge is 0.793 e. The molecule has 0 saturated carbocycles. The SMILES string of the molecule is CCCC[S-].[K+]. The first-order valence-corrected chi connectivity index (χ1v) is 2.57. The van der Waals surface area contributed by atoms with Crippen LogP contribution in [0.25, 0.3) is 0 Å². The van der Waals surface area contributed by atoms with E-state index in [1.165, 1.54) is 12.8 Å². The van der Waals surface area contributed by atoms with Crippen LogP contribution in [-0.4, -0.2) is 5.75 Å². The summed E-state index contributed by atoms with van der Waals surface area (Å²) in [5.41, 5.74) is 0. The molecule has 0 saturated heterocycles. The molecule has 6 heavy (non-hydrogen) atoms. The summed E-state index contributed by atoms with van der Waals surface area (Å²) in [5.74, 6) is 0.927. The number of hydrogen-bond acceptors (Lipinski definition) is 1. The Bertz CT molecular complexity index is 15.0. The molecule has 2 heteroatoms. The standard InChI is InChI=1S/C4H10S.K/c1-2-3-4-5;/h5H,2-4H2,1H3;/q;+1/p-1. The third-order valence-electron chi connectivity index (χ3n) is 0.498. The van der Waals surface area contributed by atoms with Crippen LogP contribution in [0.15, 0.2) is 0 Å². The monoisotopic (exact) mass is 128 g/mol. The molecule has 0 atom stereocenters. The summed E-state index contributed by atoms with van der Waals surface area (Å²) in [6.07, 6.45) is 2.44. The molecule has 0 aliphatic rings. The van der Waals surface area contributed by atoms with Gasteiger partial charge in [0.2, 0.25) is 0 Å². The molecule has 0 nitrogen and oxygen atoms in total. The van der Waals surface area contributed by atoms with Crippen molar-refractivity contribution in [1.29, 1.82) is 0 Å². The summed E-state index contributed by atoms with van der Waals surface area (Å²) in [6.45, 7) is 2.15. The summed E-state index contributed by atoms with van der Waals surface area (Å²) in [6, 6.07) is 0. The number of unbranched alkanes of at least 4 members (excludes halogenated alkanes) is 1. The van der Waals surface area contributed by atoms with E-state index in [4.69, 9.17) is 0 Å². The van der Waals surface area contributed by atoms with E-state index in [-0.39, 0.29) is 51.4 Å². The van der Waals surface area contributed by atoms with E-state index in [1.807, 2.05) is 0 Å². The second-order valence-corrected chi connectivity index (χ2v) is 1.47. The maximum absolute atomic E-state index is 4.65. The molecule has 0 aromatic heterocycles. The van der Waals surface area contributed by atoms with Crippen LogP contribution in [0.3, 0.4) is 0 Å². The van der Waals surface area contributed by atoms with Crippen molar-refractivity contribution in [2.75, 3.05) is 5.75 Å². The molecule has 0 bridgehead atoms. The molecule has 0 heterocycles. The fourth-order valence-electron chi connectivity index (χ4n) is 0.144. The second kappa shape index (κ2) is 10.1. The molecular weight excluding hydrogens is 119 g/mol. The second-order valence-electron chi connectivity index (χ2n) is 1.06. The fourth-order valence-corrected chi connectivity index (χ4v) is 0.433. The van der Waals surface area contributed by atoms with Crippen LogP contribution in [0.2, 0.25) is 0 Å². The predicted molar refractivity (Wildman–Crippen MR) is 27.1 cm³/mol. The molecule has 0 aromatic carbocycles. The van der Waals surface area contributed by atoms with Gasteiger partial charge in [0, 0.05) is 0 Å². The molecule has 0 fully saturated rings. The molecule has 0 rings (SSSR count). The normalized spacial score (nSPS) is 7.00. The van der Waals surface area contributed by atoms with E-state index in [1.54, 1.807) is 0 Å². The van der Waals surface area contributed by atoms with E-state index in [0.29, 0.717) is 0 Å². The van der Waals surface area contributed by atoms with Gasteiger partial charge in [0.1, 0.15) is 0 Å². The average molecular weight is 128 g/mol. The Morgan fingerprint density at radius 2 is 2.00 bits per heavy atom. The third-order valence-corrected chi connectivity index (χ3v) is 0.787. The Morgan fingerprint density at radius 3 is 2.00 bits per heavy atom. The molecule has 0 N–H and O–H groups in total. The molecule has 0 unspecified atom stereocenters. The Balaban J connectivity index is 0. The fraction of sp³-hybridized carbons (Fsp3) is 1.00. The van der Waals surface area contributed by atoms with Gasteiger partial charge >= 0.3 is 51.4 Å². The summed E-state index contributed by atoms with van der Waals surface area (Å²) in [5, 5.41) is 0. The summed E-state index contributed by atoms with van der Waals surface area (Å²) in [7, 11) is 0. The summed E-state index contributed by atoms with van der Waals surface area (Å²) in [4.78, 5) is 0. The first-order valence-electron chi connectivity index (χ1n) is 2.00. The van der Waals surface area contributed by atoms with Crippen LogP contribution in [-0.2, 0) is 12.6 Å². The van der Waals surface area contributed by atoms with E-state index >= 15 is 0 Å². The van der Waals surface area contributed by atoms with Crippen LogP contribution in [0.4, 0.5) is 0 Å². The summed E-state index contributed by atoms with van der Waals surface area (Å²) < 4.78 is 0. The molecule has 0 aromatic rings. The molecule has 0 amide bonds. The van der Waals surface area contributed by atoms with Gasteiger partial charge in [-0.3, -0.25) is 0 Å². The van der Waals surface area contributed by atoms with Crippen molar-refractivity contribution in [3.05, 3.63) is 0 Å². The largest absolute Gasteiger partial charge is 1.00 e. The van der Waals surface area contributed by atoms with Gasteiger partial charge in [-0.05, 0) is 0 Å². The Kier molecular flexibility index (Phi) is 18.3. The number of hydrogen-bond donors (Lipinski definition) is 0. The van der Waals surface area contributed by atoms with Gasteiger partial charge in [-0.25, -0.2) is 0 Å². The molecular formula is C4H9KS. The molecule has 0 aliphatic carbocycles. The molecule has 32 valence electrons. The van der Waals surface area contributed by atoms with Crippen LogP contribution in [0.1, 0.15) is 19.8 Å². The van der Waals surface area contributed by atoms with E-state index in [2.05, 4.69) is 19.6 Å².